The molecule has 0 heterocycles. The third-order valence-electron chi connectivity index (χ3n) is 2.86. The van der Waals surface area contributed by atoms with Gasteiger partial charge in [0.2, 0.25) is 0 Å². The second-order valence-electron chi connectivity index (χ2n) is 4.41. The van der Waals surface area contributed by atoms with Crippen molar-refractivity contribution in [1.29, 1.82) is 0 Å². The maximum absolute atomic E-state index is 6.21. The van der Waals surface area contributed by atoms with Crippen LogP contribution >= 0.6 is 46.4 Å². The fourth-order valence-electron chi connectivity index (χ4n) is 1.91. The molecule has 112 valence electrons. The summed E-state index contributed by atoms with van der Waals surface area (Å²) in [5.41, 5.74) is 1.68. The van der Waals surface area contributed by atoms with Crippen molar-refractivity contribution in [2.45, 2.75) is 13.2 Å². The molecule has 0 aliphatic heterocycles. The van der Waals surface area contributed by atoms with Crippen LogP contribution in [0.1, 0.15) is 11.1 Å². The highest BCUT2D eigenvalue weighted by Crippen LogP contribution is 2.34. The molecule has 0 unspecified atom stereocenters. The molecule has 2 nitrogen and oxygen atoms in total. The Morgan fingerprint density at radius 1 is 1.00 bits per heavy atom. The van der Waals surface area contributed by atoms with Crippen molar-refractivity contribution < 1.29 is 4.74 Å². The summed E-state index contributed by atoms with van der Waals surface area (Å²) in [5, 5.41) is 5.07. The van der Waals surface area contributed by atoms with Gasteiger partial charge in [0.1, 0.15) is 12.4 Å². The molecule has 0 amide bonds. The van der Waals surface area contributed by atoms with E-state index >= 15 is 0 Å². The lowest BCUT2D eigenvalue weighted by Gasteiger charge is -2.14. The molecule has 0 aromatic heterocycles. The Morgan fingerprint density at radius 3 is 2.48 bits per heavy atom. The minimum atomic E-state index is 0.275. The Kier molecular flexibility index (Phi) is 6.03. The molecule has 2 aromatic carbocycles. The molecular weight excluding hydrogens is 352 g/mol. The zero-order chi connectivity index (χ0) is 15.4. The van der Waals surface area contributed by atoms with Crippen LogP contribution in [0.4, 0.5) is 0 Å². The monoisotopic (exact) mass is 363 g/mol. The van der Waals surface area contributed by atoms with Crippen molar-refractivity contribution in [2.24, 2.45) is 0 Å². The standard InChI is InChI=1S/C15H13Cl4NO/c1-20-7-10-5-11(16)6-13(18)15(10)21-8-9-3-2-4-12(17)14(9)19/h2-6,20H,7-8H2,1H3. The SMILES string of the molecule is CNCc1cc(Cl)cc(Cl)c1OCc1cccc(Cl)c1Cl. The van der Waals surface area contributed by atoms with Gasteiger partial charge >= 0.3 is 0 Å². The van der Waals surface area contributed by atoms with Crippen molar-refractivity contribution in [1.82, 2.24) is 5.32 Å². The summed E-state index contributed by atoms with van der Waals surface area (Å²) in [6.07, 6.45) is 0. The van der Waals surface area contributed by atoms with E-state index in [0.29, 0.717) is 32.4 Å². The fraction of sp³-hybridized carbons (Fsp3) is 0.200. The van der Waals surface area contributed by atoms with Gasteiger partial charge in [-0.05, 0) is 25.2 Å². The van der Waals surface area contributed by atoms with Gasteiger partial charge in [-0.1, -0.05) is 58.5 Å². The van der Waals surface area contributed by atoms with Gasteiger partial charge in [0.05, 0.1) is 15.1 Å². The number of rotatable bonds is 5. The number of hydrogen-bond donors (Lipinski definition) is 1. The van der Waals surface area contributed by atoms with Crippen molar-refractivity contribution in [3.8, 4) is 5.75 Å². The van der Waals surface area contributed by atoms with E-state index in [1.165, 1.54) is 0 Å². The maximum atomic E-state index is 6.21. The summed E-state index contributed by atoms with van der Waals surface area (Å²) in [5.74, 6) is 0.589. The zero-order valence-corrected chi connectivity index (χ0v) is 14.2. The summed E-state index contributed by atoms with van der Waals surface area (Å²) in [7, 11) is 1.84. The Morgan fingerprint density at radius 2 is 1.76 bits per heavy atom. The van der Waals surface area contributed by atoms with Crippen LogP contribution in [0, 0.1) is 0 Å². The number of benzene rings is 2. The first kappa shape index (κ1) is 16.7. The first-order valence-corrected chi connectivity index (χ1v) is 7.72. The molecule has 0 saturated carbocycles. The van der Waals surface area contributed by atoms with E-state index in [-0.39, 0.29) is 6.61 Å². The quantitative estimate of drug-likeness (QED) is 0.745. The molecule has 21 heavy (non-hydrogen) atoms. The summed E-state index contributed by atoms with van der Waals surface area (Å²) in [6.45, 7) is 0.871. The summed E-state index contributed by atoms with van der Waals surface area (Å²) in [6, 6.07) is 8.88. The lowest BCUT2D eigenvalue weighted by molar-refractivity contribution is 0.302. The predicted octanol–water partition coefficient (Wildman–Crippen LogP) is 5.60. The Bertz CT molecular complexity index is 646. The van der Waals surface area contributed by atoms with E-state index in [1.807, 2.05) is 25.2 Å². The van der Waals surface area contributed by atoms with Crippen LogP contribution in [-0.4, -0.2) is 7.05 Å². The molecule has 0 aliphatic rings. The number of halogens is 4. The molecular formula is C15H13Cl4NO. The molecule has 0 radical (unpaired) electrons. The highest BCUT2D eigenvalue weighted by atomic mass is 35.5. The van der Waals surface area contributed by atoms with Crippen LogP contribution < -0.4 is 10.1 Å². The molecule has 0 spiro atoms. The Hall–Kier alpha value is -0.640. The molecule has 2 rings (SSSR count). The van der Waals surface area contributed by atoms with Gasteiger partial charge in [-0.15, -0.1) is 0 Å². The van der Waals surface area contributed by atoms with Crippen LogP contribution in [0.5, 0.6) is 5.75 Å². The maximum Gasteiger partial charge on any atom is 0.142 e. The molecule has 2 aromatic rings. The van der Waals surface area contributed by atoms with E-state index in [0.717, 1.165) is 11.1 Å². The molecule has 1 N–H and O–H groups in total. The largest absolute Gasteiger partial charge is 0.487 e. The van der Waals surface area contributed by atoms with Crippen molar-refractivity contribution in [3.63, 3.8) is 0 Å². The third kappa shape index (κ3) is 4.18. The molecule has 0 atom stereocenters. The fourth-order valence-corrected chi connectivity index (χ4v) is 2.87. The highest BCUT2D eigenvalue weighted by Gasteiger charge is 2.12. The minimum absolute atomic E-state index is 0.275. The summed E-state index contributed by atoms with van der Waals surface area (Å²) in [4.78, 5) is 0. The van der Waals surface area contributed by atoms with E-state index in [1.54, 1.807) is 12.1 Å². The summed E-state index contributed by atoms with van der Waals surface area (Å²) >= 11 is 24.4. The van der Waals surface area contributed by atoms with Gasteiger partial charge in [-0.2, -0.15) is 0 Å². The Labute approximate surface area is 143 Å². The highest BCUT2D eigenvalue weighted by molar-refractivity contribution is 6.42. The van der Waals surface area contributed by atoms with E-state index in [2.05, 4.69) is 5.32 Å². The summed E-state index contributed by atoms with van der Waals surface area (Å²) < 4.78 is 5.82. The third-order valence-corrected chi connectivity index (χ3v) is 4.21. The van der Waals surface area contributed by atoms with Crippen LogP contribution in [-0.2, 0) is 13.2 Å². The van der Waals surface area contributed by atoms with Crippen LogP contribution in [0.2, 0.25) is 20.1 Å². The number of ether oxygens (including phenoxy) is 1. The van der Waals surface area contributed by atoms with Gasteiger partial charge in [0.15, 0.2) is 0 Å². The predicted molar refractivity (Wildman–Crippen MR) is 90.0 cm³/mol. The van der Waals surface area contributed by atoms with Crippen LogP contribution in [0.15, 0.2) is 30.3 Å². The van der Waals surface area contributed by atoms with Gasteiger partial charge in [-0.3, -0.25) is 0 Å². The van der Waals surface area contributed by atoms with Gasteiger partial charge in [0.25, 0.3) is 0 Å². The van der Waals surface area contributed by atoms with Crippen molar-refractivity contribution in [3.05, 3.63) is 61.5 Å². The molecule has 0 aliphatic carbocycles. The second kappa shape index (κ2) is 7.57. The zero-order valence-electron chi connectivity index (χ0n) is 11.2. The first-order valence-electron chi connectivity index (χ1n) is 6.21. The van der Waals surface area contributed by atoms with E-state index < -0.39 is 0 Å². The van der Waals surface area contributed by atoms with Gasteiger partial charge in [0, 0.05) is 22.7 Å². The minimum Gasteiger partial charge on any atom is -0.487 e. The molecule has 0 fully saturated rings. The van der Waals surface area contributed by atoms with Gasteiger partial charge in [-0.25, -0.2) is 0 Å². The molecule has 0 bridgehead atoms. The number of nitrogens with one attached hydrogen (secondary N) is 1. The average Bonchev–Trinajstić information content (AvgIpc) is 2.42. The lowest BCUT2D eigenvalue weighted by Crippen LogP contribution is -2.08. The first-order chi connectivity index (χ1) is 10.0. The van der Waals surface area contributed by atoms with Gasteiger partial charge < -0.3 is 10.1 Å². The topological polar surface area (TPSA) is 21.3 Å². The molecule has 0 saturated heterocycles. The van der Waals surface area contributed by atoms with Crippen molar-refractivity contribution >= 4 is 46.4 Å². The molecule has 6 heteroatoms. The van der Waals surface area contributed by atoms with Crippen LogP contribution in [0.3, 0.4) is 0 Å². The second-order valence-corrected chi connectivity index (χ2v) is 6.04. The average molecular weight is 365 g/mol. The lowest BCUT2D eigenvalue weighted by atomic mass is 10.2. The van der Waals surface area contributed by atoms with E-state index in [4.69, 9.17) is 51.1 Å². The number of hydrogen-bond acceptors (Lipinski definition) is 2. The van der Waals surface area contributed by atoms with Crippen LogP contribution in [0.25, 0.3) is 0 Å². The smallest absolute Gasteiger partial charge is 0.142 e. The van der Waals surface area contributed by atoms with Crippen molar-refractivity contribution in [2.75, 3.05) is 7.05 Å². The van der Waals surface area contributed by atoms with E-state index in [9.17, 15) is 0 Å². The Balaban J connectivity index is 2.25. The normalized spacial score (nSPS) is 10.7.